The molecule has 0 radical (unpaired) electrons. The maximum absolute atomic E-state index is 10.4. The molecular formula is C14H13ClO3. The van der Waals surface area contributed by atoms with Gasteiger partial charge in [0.05, 0.1) is 6.61 Å². The van der Waals surface area contributed by atoms with Gasteiger partial charge in [-0.1, -0.05) is 11.6 Å². The van der Waals surface area contributed by atoms with Crippen LogP contribution in [0.4, 0.5) is 0 Å². The average molecular weight is 265 g/mol. The second kappa shape index (κ2) is 4.34. The molecule has 1 aromatic heterocycles. The van der Waals surface area contributed by atoms with Crippen molar-refractivity contribution in [2.75, 3.05) is 6.61 Å². The molecule has 3 rings (SSSR count). The molecule has 0 bridgehead atoms. The summed E-state index contributed by atoms with van der Waals surface area (Å²) in [5.41, 5.74) is 1.71. The van der Waals surface area contributed by atoms with Crippen LogP contribution >= 0.6 is 11.6 Å². The molecular weight excluding hydrogens is 252 g/mol. The van der Waals surface area contributed by atoms with Crippen LogP contribution in [0.25, 0.3) is 0 Å². The second-order valence-corrected chi connectivity index (χ2v) is 4.87. The summed E-state index contributed by atoms with van der Waals surface area (Å²) in [6.07, 6.45) is -0.0171. The maximum Gasteiger partial charge on any atom is 0.140 e. The molecule has 0 saturated carbocycles. The lowest BCUT2D eigenvalue weighted by molar-refractivity contribution is 0.183. The maximum atomic E-state index is 10.4. The molecule has 0 amide bonds. The molecule has 0 saturated heterocycles. The van der Waals surface area contributed by atoms with Gasteiger partial charge in [-0.3, -0.25) is 0 Å². The van der Waals surface area contributed by atoms with Crippen LogP contribution in [0.2, 0.25) is 5.02 Å². The average Bonchev–Trinajstić information content (AvgIpc) is 2.95. The number of hydrogen-bond donors (Lipinski definition) is 1. The number of aryl methyl sites for hydroxylation is 1. The largest absolute Gasteiger partial charge is 0.493 e. The Balaban J connectivity index is 2.06. The first kappa shape index (κ1) is 11.6. The first-order chi connectivity index (χ1) is 8.65. The smallest absolute Gasteiger partial charge is 0.140 e. The Hall–Kier alpha value is -1.45. The van der Waals surface area contributed by atoms with Gasteiger partial charge in [0.2, 0.25) is 0 Å². The van der Waals surface area contributed by atoms with Crippen LogP contribution in [-0.4, -0.2) is 11.7 Å². The molecule has 0 spiro atoms. The molecule has 0 fully saturated rings. The summed E-state index contributed by atoms with van der Waals surface area (Å²) in [4.78, 5) is 0. The van der Waals surface area contributed by atoms with Crippen LogP contribution in [0.15, 0.2) is 28.7 Å². The standard InChI is InChI=1S/C14H13ClO3/c1-8-2-3-12(18-8)13(16)11-7-10(15)6-9-4-5-17-14(9)11/h2-3,6-7,13,16H,4-5H2,1H3. The zero-order valence-corrected chi connectivity index (χ0v) is 10.7. The zero-order valence-electron chi connectivity index (χ0n) is 9.94. The van der Waals surface area contributed by atoms with E-state index < -0.39 is 6.10 Å². The molecule has 1 N–H and O–H groups in total. The fourth-order valence-electron chi connectivity index (χ4n) is 2.25. The highest BCUT2D eigenvalue weighted by molar-refractivity contribution is 6.30. The third kappa shape index (κ3) is 1.89. The van der Waals surface area contributed by atoms with Gasteiger partial charge in [0.1, 0.15) is 23.4 Å². The molecule has 1 aliphatic rings. The summed E-state index contributed by atoms with van der Waals surface area (Å²) in [5.74, 6) is 2.01. The van der Waals surface area contributed by atoms with Crippen molar-refractivity contribution in [3.05, 3.63) is 51.9 Å². The number of fused-ring (bicyclic) bond motifs is 1. The molecule has 4 heteroatoms. The summed E-state index contributed by atoms with van der Waals surface area (Å²) >= 11 is 6.07. The van der Waals surface area contributed by atoms with E-state index in [4.69, 9.17) is 20.8 Å². The summed E-state index contributed by atoms with van der Waals surface area (Å²) in [6, 6.07) is 7.20. The number of hydrogen-bond acceptors (Lipinski definition) is 3. The van der Waals surface area contributed by atoms with Crippen LogP contribution in [0.5, 0.6) is 5.75 Å². The lowest BCUT2D eigenvalue weighted by atomic mass is 10.0. The van der Waals surface area contributed by atoms with Gasteiger partial charge in [-0.05, 0) is 36.8 Å². The lowest BCUT2D eigenvalue weighted by Crippen LogP contribution is -2.01. The minimum atomic E-state index is -0.843. The van der Waals surface area contributed by atoms with Crippen molar-refractivity contribution in [1.29, 1.82) is 0 Å². The van der Waals surface area contributed by atoms with Gasteiger partial charge in [-0.25, -0.2) is 0 Å². The van der Waals surface area contributed by atoms with Crippen molar-refractivity contribution in [2.24, 2.45) is 0 Å². The van der Waals surface area contributed by atoms with Crippen molar-refractivity contribution < 1.29 is 14.3 Å². The van der Waals surface area contributed by atoms with E-state index in [0.29, 0.717) is 23.0 Å². The summed E-state index contributed by atoms with van der Waals surface area (Å²) in [7, 11) is 0. The van der Waals surface area contributed by atoms with E-state index in [2.05, 4.69) is 0 Å². The normalized spacial score (nSPS) is 15.3. The number of aliphatic hydroxyl groups is 1. The predicted molar refractivity (Wildman–Crippen MR) is 68.2 cm³/mol. The molecule has 1 aromatic carbocycles. The molecule has 0 aliphatic carbocycles. The Morgan fingerprint density at radius 3 is 2.89 bits per heavy atom. The minimum absolute atomic E-state index is 0.507. The lowest BCUT2D eigenvalue weighted by Gasteiger charge is -2.13. The Bertz CT molecular complexity index is 589. The predicted octanol–water partition coefficient (Wildman–Crippen LogP) is 3.26. The van der Waals surface area contributed by atoms with E-state index in [1.807, 2.05) is 19.1 Å². The minimum Gasteiger partial charge on any atom is -0.493 e. The molecule has 3 nitrogen and oxygen atoms in total. The van der Waals surface area contributed by atoms with Crippen LogP contribution < -0.4 is 4.74 Å². The summed E-state index contributed by atoms with van der Waals surface area (Å²) in [5, 5.41) is 11.0. The van der Waals surface area contributed by atoms with E-state index in [9.17, 15) is 5.11 Å². The number of rotatable bonds is 2. The quantitative estimate of drug-likeness (QED) is 0.905. The van der Waals surface area contributed by atoms with Crippen LogP contribution in [-0.2, 0) is 6.42 Å². The van der Waals surface area contributed by atoms with Gasteiger partial charge in [0.15, 0.2) is 0 Å². The van der Waals surface area contributed by atoms with Crippen molar-refractivity contribution >= 4 is 11.6 Å². The fourth-order valence-corrected chi connectivity index (χ4v) is 2.50. The molecule has 1 atom stereocenters. The molecule has 18 heavy (non-hydrogen) atoms. The van der Waals surface area contributed by atoms with Crippen molar-refractivity contribution in [2.45, 2.75) is 19.4 Å². The van der Waals surface area contributed by atoms with E-state index >= 15 is 0 Å². The zero-order chi connectivity index (χ0) is 12.7. The number of aliphatic hydroxyl groups excluding tert-OH is 1. The third-order valence-corrected chi connectivity index (χ3v) is 3.32. The highest BCUT2D eigenvalue weighted by atomic mass is 35.5. The molecule has 1 aliphatic heterocycles. The Morgan fingerprint density at radius 2 is 2.17 bits per heavy atom. The van der Waals surface area contributed by atoms with Crippen LogP contribution in [0.3, 0.4) is 0 Å². The summed E-state index contributed by atoms with van der Waals surface area (Å²) < 4.78 is 11.0. The van der Waals surface area contributed by atoms with Crippen LogP contribution in [0, 0.1) is 6.92 Å². The van der Waals surface area contributed by atoms with Gasteiger partial charge in [-0.2, -0.15) is 0 Å². The molecule has 1 unspecified atom stereocenters. The van der Waals surface area contributed by atoms with E-state index in [0.717, 1.165) is 23.5 Å². The van der Waals surface area contributed by atoms with Crippen molar-refractivity contribution in [3.8, 4) is 5.75 Å². The van der Waals surface area contributed by atoms with E-state index in [1.165, 1.54) is 0 Å². The highest BCUT2D eigenvalue weighted by Crippen LogP contribution is 2.38. The summed E-state index contributed by atoms with van der Waals surface area (Å²) in [6.45, 7) is 2.47. The molecule has 2 heterocycles. The first-order valence-corrected chi connectivity index (χ1v) is 6.22. The Kier molecular flexibility index (Phi) is 2.80. The van der Waals surface area contributed by atoms with Gasteiger partial charge in [-0.15, -0.1) is 0 Å². The van der Waals surface area contributed by atoms with Gasteiger partial charge < -0.3 is 14.3 Å². The monoisotopic (exact) mass is 264 g/mol. The Labute approximate surface area is 110 Å². The fraction of sp³-hybridized carbons (Fsp3) is 0.286. The van der Waals surface area contributed by atoms with Crippen molar-refractivity contribution in [3.63, 3.8) is 0 Å². The van der Waals surface area contributed by atoms with E-state index in [-0.39, 0.29) is 0 Å². The van der Waals surface area contributed by atoms with Crippen LogP contribution in [0.1, 0.15) is 28.8 Å². The first-order valence-electron chi connectivity index (χ1n) is 5.84. The third-order valence-electron chi connectivity index (χ3n) is 3.10. The van der Waals surface area contributed by atoms with Crippen molar-refractivity contribution in [1.82, 2.24) is 0 Å². The number of ether oxygens (including phenoxy) is 1. The van der Waals surface area contributed by atoms with Gasteiger partial charge in [0, 0.05) is 17.0 Å². The second-order valence-electron chi connectivity index (χ2n) is 4.43. The number of halogens is 1. The van der Waals surface area contributed by atoms with Gasteiger partial charge >= 0.3 is 0 Å². The molecule has 2 aromatic rings. The number of furan rings is 1. The SMILES string of the molecule is Cc1ccc(C(O)c2cc(Cl)cc3c2OCC3)o1. The topological polar surface area (TPSA) is 42.6 Å². The number of benzene rings is 1. The van der Waals surface area contributed by atoms with E-state index in [1.54, 1.807) is 12.1 Å². The Morgan fingerprint density at radius 1 is 1.33 bits per heavy atom. The molecule has 94 valence electrons. The van der Waals surface area contributed by atoms with Gasteiger partial charge in [0.25, 0.3) is 0 Å². The highest BCUT2D eigenvalue weighted by Gasteiger charge is 2.24.